The zero-order valence-corrected chi connectivity index (χ0v) is 27.9. The highest BCUT2D eigenvalue weighted by molar-refractivity contribution is 5.92. The van der Waals surface area contributed by atoms with Crippen molar-refractivity contribution in [1.29, 1.82) is 21.0 Å². The maximum Gasteiger partial charge on any atom is 0.376 e. The third kappa shape index (κ3) is 8.81. The van der Waals surface area contributed by atoms with Gasteiger partial charge in [0.1, 0.15) is 7.05 Å². The first-order valence-electron chi connectivity index (χ1n) is 14.8. The highest BCUT2D eigenvalue weighted by Gasteiger charge is 2.25. The van der Waals surface area contributed by atoms with E-state index in [0.29, 0.717) is 11.1 Å². The Hall–Kier alpha value is -8.23. The molecule has 13 nitrogen and oxygen atoms in total. The van der Waals surface area contributed by atoms with Crippen LogP contribution in [-0.2, 0) is 16.5 Å². The second-order valence-corrected chi connectivity index (χ2v) is 10.1. The number of hydrogen-bond donors (Lipinski definition) is 1. The number of esters is 2. The van der Waals surface area contributed by atoms with E-state index in [-0.39, 0.29) is 50.7 Å². The molecule has 0 bridgehead atoms. The number of allylic oxidation sites excluding steroid dienone is 9. The summed E-state index contributed by atoms with van der Waals surface area (Å²) in [4.78, 5) is 30.3. The van der Waals surface area contributed by atoms with Crippen molar-refractivity contribution in [2.24, 2.45) is 7.05 Å². The van der Waals surface area contributed by atoms with Crippen LogP contribution in [0.3, 0.4) is 0 Å². The Balaban J connectivity index is 1.95. The van der Waals surface area contributed by atoms with Crippen molar-refractivity contribution in [3.05, 3.63) is 152 Å². The maximum atomic E-state index is 11.8. The minimum Gasteiger partial charge on any atom is -0.476 e. The molecule has 1 unspecified atom stereocenters. The van der Waals surface area contributed by atoms with Gasteiger partial charge in [-0.1, -0.05) is 42.5 Å². The number of oxazole rings is 1. The summed E-state index contributed by atoms with van der Waals surface area (Å²) in [5.41, 5.74) is 1.28. The largest absolute Gasteiger partial charge is 0.476 e. The summed E-state index contributed by atoms with van der Waals surface area (Å²) in [7, 11) is 4.06. The van der Waals surface area contributed by atoms with Gasteiger partial charge < -0.3 is 19.0 Å². The van der Waals surface area contributed by atoms with Gasteiger partial charge in [-0.05, 0) is 47.5 Å². The molecule has 0 aliphatic rings. The van der Waals surface area contributed by atoms with Crippen LogP contribution in [0, 0.1) is 58.5 Å². The van der Waals surface area contributed by atoms with Crippen LogP contribution in [-0.4, -0.2) is 37.3 Å². The first-order chi connectivity index (χ1) is 25.1. The number of aromatic hydroxyl groups is 1. The van der Waals surface area contributed by atoms with Crippen molar-refractivity contribution >= 4 is 35.2 Å². The van der Waals surface area contributed by atoms with Gasteiger partial charge in [0.2, 0.25) is 0 Å². The van der Waals surface area contributed by atoms with Crippen LogP contribution >= 0.6 is 0 Å². The van der Waals surface area contributed by atoms with Crippen molar-refractivity contribution in [3.63, 3.8) is 0 Å². The number of carbonyl (C=O) groups excluding carboxylic acids is 2. The molecule has 252 valence electrons. The second kappa shape index (κ2) is 18.3. The number of nitrogens with zero attached hydrogens (tertiary/aromatic N) is 7. The monoisotopic (exact) mass is 688 g/mol. The van der Waals surface area contributed by atoms with Gasteiger partial charge in [-0.2, -0.15) is 20.4 Å². The Bertz CT molecular complexity index is 2300. The molecule has 0 saturated heterocycles. The summed E-state index contributed by atoms with van der Waals surface area (Å²) in [5, 5.41) is 49.5. The van der Waals surface area contributed by atoms with Crippen molar-refractivity contribution in [3.8, 4) is 30.2 Å². The smallest absolute Gasteiger partial charge is 0.376 e. The number of methoxy groups -OCH3 is 2. The quantitative estimate of drug-likeness (QED) is 0.0814. The summed E-state index contributed by atoms with van der Waals surface area (Å²) < 4.78 is 16.3. The number of aromatic nitrogens is 1. The molecule has 3 rings (SSSR count). The minimum absolute atomic E-state index is 0.0214. The Morgan fingerprint density at radius 2 is 1.42 bits per heavy atom. The van der Waals surface area contributed by atoms with Crippen molar-refractivity contribution in [2.75, 3.05) is 14.2 Å². The fourth-order valence-electron chi connectivity index (χ4n) is 4.67. The molecule has 52 heavy (non-hydrogen) atoms. The van der Waals surface area contributed by atoms with Gasteiger partial charge in [-0.15, -0.1) is 0 Å². The molecule has 1 heterocycles. The lowest BCUT2D eigenvalue weighted by atomic mass is 9.93. The van der Waals surface area contributed by atoms with Crippen LogP contribution in [0.25, 0.3) is 33.0 Å². The summed E-state index contributed by atoms with van der Waals surface area (Å²) in [6, 6.07) is 18.2. The Morgan fingerprint density at radius 3 is 1.90 bits per heavy atom. The molecule has 2 aromatic carbocycles. The molecule has 0 aliphatic carbocycles. The number of nitriles is 4. The summed E-state index contributed by atoms with van der Waals surface area (Å²) >= 11 is 0. The lowest BCUT2D eigenvalue weighted by Crippen LogP contribution is -2.31. The number of carbonyl (C=O) groups is 2. The predicted molar refractivity (Wildman–Crippen MR) is 186 cm³/mol. The van der Waals surface area contributed by atoms with Crippen LogP contribution in [0.1, 0.15) is 43.4 Å². The average molecular weight is 689 g/mol. The molecule has 1 aromatic heterocycles. The molecule has 0 spiro atoms. The van der Waals surface area contributed by atoms with E-state index in [2.05, 4.69) is 9.69 Å². The minimum atomic E-state index is -1.31. The summed E-state index contributed by atoms with van der Waals surface area (Å²) in [6.45, 7) is 14.9. The van der Waals surface area contributed by atoms with Gasteiger partial charge in [0.05, 0.1) is 72.9 Å². The number of benzene rings is 2. The van der Waals surface area contributed by atoms with Gasteiger partial charge in [0.15, 0.2) is 6.07 Å². The van der Waals surface area contributed by atoms with E-state index in [9.17, 15) is 35.7 Å². The Labute approximate surface area is 299 Å². The molecule has 1 atom stereocenters. The molecule has 0 aliphatic heterocycles. The average Bonchev–Trinajstić information content (AvgIpc) is 3.45. The molecule has 1 N–H and O–H groups in total. The fourth-order valence-corrected chi connectivity index (χ4v) is 4.67. The van der Waals surface area contributed by atoms with E-state index >= 15 is 0 Å². The molecule has 0 amide bonds. The maximum absolute atomic E-state index is 11.8. The van der Waals surface area contributed by atoms with Crippen molar-refractivity contribution < 1.29 is 33.2 Å². The van der Waals surface area contributed by atoms with Crippen LogP contribution in [0.4, 0.5) is 0 Å². The molecule has 0 saturated carbocycles. The zero-order valence-electron chi connectivity index (χ0n) is 27.9. The topological polar surface area (TPSA) is 194 Å². The van der Waals surface area contributed by atoms with Crippen molar-refractivity contribution in [1.82, 2.24) is 0 Å². The molecule has 0 fully saturated rings. The van der Waals surface area contributed by atoms with Gasteiger partial charge >= 0.3 is 29.8 Å². The third-order valence-corrected chi connectivity index (χ3v) is 7.23. The summed E-state index contributed by atoms with van der Waals surface area (Å²) in [5.74, 6) is -1.45. The van der Waals surface area contributed by atoms with Crippen LogP contribution in [0.5, 0.6) is 5.95 Å². The van der Waals surface area contributed by atoms with Crippen molar-refractivity contribution in [2.45, 2.75) is 6.04 Å². The van der Waals surface area contributed by atoms with Gasteiger partial charge in [0.25, 0.3) is 11.4 Å². The van der Waals surface area contributed by atoms with E-state index in [1.165, 1.54) is 110 Å². The summed E-state index contributed by atoms with van der Waals surface area (Å²) in [6.07, 6.45) is 10.1. The Kier molecular flexibility index (Phi) is 13.5. The molecular weight excluding hydrogens is 662 g/mol. The predicted octanol–water partition coefficient (Wildman–Crippen LogP) is 6.06. The van der Waals surface area contributed by atoms with E-state index in [1.807, 2.05) is 18.2 Å². The zero-order chi connectivity index (χ0) is 38.2. The Morgan fingerprint density at radius 1 is 0.846 bits per heavy atom. The lowest BCUT2D eigenvalue weighted by Gasteiger charge is -2.08. The van der Waals surface area contributed by atoms with Gasteiger partial charge in [-0.3, -0.25) is 4.85 Å². The van der Waals surface area contributed by atoms with Crippen LogP contribution in [0.2, 0.25) is 0 Å². The van der Waals surface area contributed by atoms with E-state index in [4.69, 9.17) is 27.0 Å². The third-order valence-electron chi connectivity index (χ3n) is 7.23. The van der Waals surface area contributed by atoms with Crippen LogP contribution < -0.4 is 4.57 Å². The van der Waals surface area contributed by atoms with Gasteiger partial charge in [0, 0.05) is 11.6 Å². The molecular formula is C39H26N7O6+. The standard InChI is InChI=1S/C39H25N7O6/c1-44-31(23-42)35(25-13-17-27(18-14-25)37(47)50-4)29(21-40)9-6-7-11-33-39(49)52-34(46(33)3)12-8-10-30(22-41)36(32(24-43)45-2)26-15-19-28(20-16-26)38(48)51-5/h6-20,31H,3-5H3/p+1. The highest BCUT2D eigenvalue weighted by atomic mass is 16.5. The SMILES string of the molecule is [C-]#[N+]C(C#N)=C(C(C#N)=CC=Cc1oc(O)c(C=CC=CC(C#N)=C(c2ccc(C(=O)OC)cc2)C(C#N)[N+]#[C-])[n+]1C)c1ccc(C(=O)OC)cc1. The van der Waals surface area contributed by atoms with E-state index in [1.54, 1.807) is 13.1 Å². The normalized spacial score (nSPS) is 12.7. The lowest BCUT2D eigenvalue weighted by molar-refractivity contribution is -0.678. The number of rotatable bonds is 11. The highest BCUT2D eigenvalue weighted by Crippen LogP contribution is 2.29. The number of hydrogen-bond acceptors (Lipinski definition) is 10. The van der Waals surface area contributed by atoms with E-state index < -0.39 is 23.9 Å². The fraction of sp³-hybridized carbons (Fsp3) is 0.103. The molecule has 13 heteroatoms. The first kappa shape index (κ1) is 38.2. The van der Waals surface area contributed by atoms with Gasteiger partial charge in [-0.25, -0.2) is 26.3 Å². The van der Waals surface area contributed by atoms with E-state index in [0.717, 1.165) is 0 Å². The molecule has 0 radical (unpaired) electrons. The second-order valence-electron chi connectivity index (χ2n) is 10.1. The van der Waals surface area contributed by atoms with Crippen LogP contribution in [0.15, 0.2) is 100 Å². The first-order valence-corrected chi connectivity index (χ1v) is 14.8. The molecule has 3 aromatic rings. The number of ether oxygens (including phenoxy) is 2.